The number of amides is 1. The van der Waals surface area contributed by atoms with Crippen molar-refractivity contribution < 1.29 is 27.5 Å². The van der Waals surface area contributed by atoms with Gasteiger partial charge in [-0.3, -0.25) is 19.1 Å². The van der Waals surface area contributed by atoms with E-state index in [0.29, 0.717) is 22.2 Å². The van der Waals surface area contributed by atoms with Crippen molar-refractivity contribution in [3.63, 3.8) is 0 Å². The lowest BCUT2D eigenvalue weighted by Crippen LogP contribution is -2.43. The number of aromatic nitrogens is 4. The van der Waals surface area contributed by atoms with Crippen LogP contribution in [0.4, 0.5) is 19.0 Å². The molecule has 226 valence electrons. The Morgan fingerprint density at radius 1 is 1.00 bits per heavy atom. The van der Waals surface area contributed by atoms with E-state index in [1.165, 1.54) is 6.20 Å². The molecule has 2 aromatic carbocycles. The number of carbonyl (C=O) groups excluding carboxylic acids is 2. The summed E-state index contributed by atoms with van der Waals surface area (Å²) in [6.45, 7) is 1.89. The zero-order valence-electron chi connectivity index (χ0n) is 23.4. The van der Waals surface area contributed by atoms with Gasteiger partial charge in [0.1, 0.15) is 0 Å². The highest BCUT2D eigenvalue weighted by Crippen LogP contribution is 2.26. The third-order valence-corrected chi connectivity index (χ3v) is 6.67. The van der Waals surface area contributed by atoms with E-state index >= 15 is 0 Å². The molecule has 1 unspecified atom stereocenters. The Bertz CT molecular complexity index is 1840. The van der Waals surface area contributed by atoms with E-state index in [9.17, 15) is 27.6 Å². The quantitative estimate of drug-likeness (QED) is 0.198. The molecule has 0 bridgehead atoms. The van der Waals surface area contributed by atoms with Crippen molar-refractivity contribution in [3.8, 4) is 11.3 Å². The van der Waals surface area contributed by atoms with Crippen LogP contribution in [0, 0.1) is 6.92 Å². The molecule has 44 heavy (non-hydrogen) atoms. The first-order chi connectivity index (χ1) is 21.1. The second-order valence-electron chi connectivity index (χ2n) is 9.88. The fraction of sp³-hybridized carbons (Fsp3) is 0.194. The number of H-pyrrole nitrogens is 1. The van der Waals surface area contributed by atoms with E-state index < -0.39 is 29.8 Å². The molecule has 0 saturated carbocycles. The summed E-state index contributed by atoms with van der Waals surface area (Å²) in [5.41, 5.74) is 2.34. The Morgan fingerprint density at radius 2 is 1.70 bits per heavy atom. The summed E-state index contributed by atoms with van der Waals surface area (Å²) in [6.07, 6.45) is -4.38. The normalized spacial score (nSPS) is 12.1. The lowest BCUT2D eigenvalue weighted by atomic mass is 10.1. The number of esters is 1. The molecule has 3 heterocycles. The molecule has 5 aromatic rings. The van der Waals surface area contributed by atoms with Gasteiger partial charge in [-0.2, -0.15) is 13.2 Å². The highest BCUT2D eigenvalue weighted by atomic mass is 19.4. The van der Waals surface area contributed by atoms with E-state index in [1.54, 1.807) is 48.7 Å². The molecule has 0 saturated heterocycles. The van der Waals surface area contributed by atoms with Crippen LogP contribution in [0.5, 0.6) is 0 Å². The first-order valence-corrected chi connectivity index (χ1v) is 13.5. The SMILES string of the molecule is Cc1cc2[nH]c(CNC(=O)C(OC(=O)C(F)(F)F)n3c(-c4ccccc4)cnc(NCCc4ccccc4)c3=O)cc2cn1. The number of benzene rings is 2. The standard InChI is InChI=1S/C31H27F3N6O4/c1-19-14-24-22(16-36-19)15-23(39-24)17-38-27(41)29(44-30(43)31(32,33)34)40-25(21-10-6-3-7-11-21)18-37-26(28(40)42)35-13-12-20-8-4-2-5-9-20/h2-11,14-16,18,29,39H,12-13,17H2,1H3,(H,35,37)(H,38,41). The predicted octanol–water partition coefficient (Wildman–Crippen LogP) is 4.67. The number of hydrogen-bond donors (Lipinski definition) is 3. The molecule has 1 amide bonds. The summed E-state index contributed by atoms with van der Waals surface area (Å²) in [7, 11) is 0. The molecular weight excluding hydrogens is 577 g/mol. The number of ether oxygens (including phenoxy) is 1. The summed E-state index contributed by atoms with van der Waals surface area (Å²) in [5, 5.41) is 6.12. The average Bonchev–Trinajstić information content (AvgIpc) is 3.42. The van der Waals surface area contributed by atoms with Gasteiger partial charge in [0.2, 0.25) is 0 Å². The lowest BCUT2D eigenvalue weighted by molar-refractivity contribution is -0.209. The molecule has 5 rings (SSSR count). The Morgan fingerprint density at radius 3 is 2.41 bits per heavy atom. The minimum absolute atomic E-state index is 0.0357. The highest BCUT2D eigenvalue weighted by Gasteiger charge is 2.44. The molecule has 0 aliphatic carbocycles. The second-order valence-corrected chi connectivity index (χ2v) is 9.88. The Kier molecular flexibility index (Phi) is 8.74. The van der Waals surface area contributed by atoms with Crippen LogP contribution in [0.15, 0.2) is 90.0 Å². The molecule has 0 fully saturated rings. The number of alkyl halides is 3. The van der Waals surface area contributed by atoms with Gasteiger partial charge >= 0.3 is 12.1 Å². The largest absolute Gasteiger partial charge is 0.491 e. The van der Waals surface area contributed by atoms with Gasteiger partial charge in [0, 0.05) is 35.0 Å². The molecule has 0 radical (unpaired) electrons. The number of halogens is 3. The third-order valence-electron chi connectivity index (χ3n) is 6.67. The number of aromatic amines is 1. The Balaban J connectivity index is 1.50. The van der Waals surface area contributed by atoms with Crippen LogP contribution in [0.3, 0.4) is 0 Å². The fourth-order valence-corrected chi connectivity index (χ4v) is 4.56. The maximum absolute atomic E-state index is 13.8. The molecule has 0 aliphatic rings. The van der Waals surface area contributed by atoms with Crippen molar-refractivity contribution in [3.05, 3.63) is 112 Å². The van der Waals surface area contributed by atoms with Crippen molar-refractivity contribution in [2.75, 3.05) is 11.9 Å². The molecule has 1 atom stereocenters. The van der Waals surface area contributed by atoms with Crippen molar-refractivity contribution in [1.82, 2.24) is 24.8 Å². The number of nitrogens with zero attached hydrogens (tertiary/aromatic N) is 3. The number of fused-ring (bicyclic) bond motifs is 1. The summed E-state index contributed by atoms with van der Waals surface area (Å²) in [4.78, 5) is 50.9. The molecule has 3 aromatic heterocycles. The summed E-state index contributed by atoms with van der Waals surface area (Å²) in [6, 6.07) is 21.0. The van der Waals surface area contributed by atoms with Gasteiger partial charge < -0.3 is 20.4 Å². The minimum atomic E-state index is -5.43. The molecule has 0 spiro atoms. The maximum Gasteiger partial charge on any atom is 0.491 e. The van der Waals surface area contributed by atoms with Crippen LogP contribution in [0.25, 0.3) is 22.2 Å². The molecule has 10 nitrogen and oxygen atoms in total. The van der Waals surface area contributed by atoms with Crippen molar-refractivity contribution in [1.29, 1.82) is 0 Å². The number of rotatable bonds is 10. The monoisotopic (exact) mass is 604 g/mol. The van der Waals surface area contributed by atoms with Gasteiger partial charge in [-0.1, -0.05) is 60.7 Å². The number of pyridine rings is 1. The smallest absolute Gasteiger partial charge is 0.425 e. The van der Waals surface area contributed by atoms with Crippen molar-refractivity contribution in [2.45, 2.75) is 32.3 Å². The van der Waals surface area contributed by atoms with Gasteiger partial charge in [0.15, 0.2) is 5.82 Å². The van der Waals surface area contributed by atoms with E-state index in [2.05, 4.69) is 25.6 Å². The number of anilines is 1. The molecule has 0 aliphatic heterocycles. The van der Waals surface area contributed by atoms with Crippen LogP contribution in [-0.4, -0.2) is 44.1 Å². The number of hydrogen-bond acceptors (Lipinski definition) is 7. The van der Waals surface area contributed by atoms with Crippen LogP contribution in [0.2, 0.25) is 0 Å². The van der Waals surface area contributed by atoms with Crippen molar-refractivity contribution >= 4 is 28.6 Å². The van der Waals surface area contributed by atoms with Gasteiger partial charge in [-0.15, -0.1) is 0 Å². The van der Waals surface area contributed by atoms with E-state index in [1.807, 2.05) is 37.3 Å². The van der Waals surface area contributed by atoms with Crippen LogP contribution >= 0.6 is 0 Å². The zero-order valence-corrected chi connectivity index (χ0v) is 23.4. The molecule has 3 N–H and O–H groups in total. The zero-order chi connectivity index (χ0) is 31.3. The van der Waals surface area contributed by atoms with Gasteiger partial charge in [0.25, 0.3) is 17.7 Å². The van der Waals surface area contributed by atoms with Crippen LogP contribution in [0.1, 0.15) is 23.2 Å². The van der Waals surface area contributed by atoms with E-state index in [-0.39, 0.29) is 24.6 Å². The van der Waals surface area contributed by atoms with E-state index in [0.717, 1.165) is 22.2 Å². The Labute approximate surface area is 248 Å². The number of nitrogens with one attached hydrogen (secondary N) is 3. The fourth-order valence-electron chi connectivity index (χ4n) is 4.56. The average molecular weight is 605 g/mol. The van der Waals surface area contributed by atoms with Crippen LogP contribution in [-0.2, 0) is 27.3 Å². The Hall–Kier alpha value is -5.46. The number of aryl methyl sites for hydroxylation is 1. The molecule has 13 heteroatoms. The maximum atomic E-state index is 13.8. The predicted molar refractivity (Wildman–Crippen MR) is 156 cm³/mol. The molecular formula is C31H27F3N6O4. The van der Waals surface area contributed by atoms with Crippen LogP contribution < -0.4 is 16.2 Å². The van der Waals surface area contributed by atoms with Gasteiger partial charge in [0.05, 0.1) is 18.4 Å². The minimum Gasteiger partial charge on any atom is -0.425 e. The van der Waals surface area contributed by atoms with Gasteiger partial charge in [-0.25, -0.2) is 9.78 Å². The summed E-state index contributed by atoms with van der Waals surface area (Å²) < 4.78 is 45.6. The second kappa shape index (κ2) is 12.8. The lowest BCUT2D eigenvalue weighted by Gasteiger charge is -2.23. The topological polar surface area (TPSA) is 131 Å². The third kappa shape index (κ3) is 6.94. The first kappa shape index (κ1) is 30.0. The number of carbonyl (C=O) groups is 2. The highest BCUT2D eigenvalue weighted by molar-refractivity contribution is 5.85. The van der Waals surface area contributed by atoms with Gasteiger partial charge in [-0.05, 0) is 36.6 Å². The summed E-state index contributed by atoms with van der Waals surface area (Å²) in [5.74, 6) is -4.03. The van der Waals surface area contributed by atoms with Crippen molar-refractivity contribution in [2.24, 2.45) is 0 Å². The summed E-state index contributed by atoms with van der Waals surface area (Å²) >= 11 is 0. The first-order valence-electron chi connectivity index (χ1n) is 13.5. The van der Waals surface area contributed by atoms with E-state index in [4.69, 9.17) is 4.74 Å².